The Labute approximate surface area is 166 Å². The molecule has 2 aliphatic heterocycles. The Kier molecular flexibility index (Phi) is 6.44. The zero-order chi connectivity index (χ0) is 20.3. The number of halogens is 1. The van der Waals surface area contributed by atoms with Gasteiger partial charge in [0.05, 0.1) is 6.26 Å². The molecule has 2 heterocycles. The maximum Gasteiger partial charge on any atom is 0.317 e. The zero-order valence-electron chi connectivity index (χ0n) is 16.5. The third-order valence-corrected chi connectivity index (χ3v) is 7.08. The molecule has 0 spiro atoms. The number of carbonyl (C=O) groups is 1. The van der Waals surface area contributed by atoms with E-state index >= 15 is 0 Å². The van der Waals surface area contributed by atoms with E-state index in [0.29, 0.717) is 25.9 Å². The van der Waals surface area contributed by atoms with Crippen LogP contribution in [0.3, 0.4) is 0 Å². The second kappa shape index (κ2) is 8.65. The summed E-state index contributed by atoms with van der Waals surface area (Å²) in [4.78, 5) is 16.5. The van der Waals surface area contributed by atoms with Crippen molar-refractivity contribution in [3.8, 4) is 0 Å². The predicted octanol–water partition coefficient (Wildman–Crippen LogP) is 1.86. The molecule has 0 aliphatic carbocycles. The average molecular weight is 413 g/mol. The second-order valence-corrected chi connectivity index (χ2v) is 9.67. The van der Waals surface area contributed by atoms with Crippen LogP contribution in [0.1, 0.15) is 25.7 Å². The summed E-state index contributed by atoms with van der Waals surface area (Å²) in [6.45, 7) is 2.54. The lowest BCUT2D eigenvalue weighted by Gasteiger charge is -2.38. The number of urea groups is 1. The molecule has 2 fully saturated rings. The number of anilines is 1. The van der Waals surface area contributed by atoms with Crippen LogP contribution in [0.5, 0.6) is 0 Å². The molecule has 1 aromatic rings. The number of amides is 2. The number of nitrogens with zero attached hydrogens (tertiary/aromatic N) is 3. The number of hydrogen-bond acceptors (Lipinski definition) is 4. The Hall–Kier alpha value is -1.87. The molecule has 0 aromatic heterocycles. The predicted molar refractivity (Wildman–Crippen MR) is 107 cm³/mol. The monoisotopic (exact) mass is 412 g/mol. The summed E-state index contributed by atoms with van der Waals surface area (Å²) >= 11 is 0. The minimum atomic E-state index is -3.16. The standard InChI is InChI=1S/C19H29FN4O3S/c1-22(17-9-13-24(14-10-17)28(2,26)27)19(25)21-16-7-11-23(12-8-16)18-5-3-15(20)4-6-18/h3-6,16-17H,7-14H2,1-2H3,(H,21,25). The molecule has 9 heteroatoms. The lowest BCUT2D eigenvalue weighted by molar-refractivity contribution is 0.159. The number of sulfonamides is 1. The first-order valence-electron chi connectivity index (χ1n) is 9.73. The Morgan fingerprint density at radius 3 is 2.18 bits per heavy atom. The van der Waals surface area contributed by atoms with Gasteiger partial charge in [-0.1, -0.05) is 0 Å². The third kappa shape index (κ3) is 5.14. The van der Waals surface area contributed by atoms with Gasteiger partial charge in [-0.05, 0) is 49.9 Å². The Bertz CT molecular complexity index is 771. The molecule has 2 aliphatic rings. The van der Waals surface area contributed by atoms with E-state index in [0.717, 1.165) is 31.6 Å². The van der Waals surface area contributed by atoms with Gasteiger partial charge in [0.15, 0.2) is 0 Å². The van der Waals surface area contributed by atoms with E-state index in [-0.39, 0.29) is 23.9 Å². The molecule has 3 rings (SSSR count). The van der Waals surface area contributed by atoms with Gasteiger partial charge in [0.2, 0.25) is 10.0 Å². The van der Waals surface area contributed by atoms with Crippen LogP contribution in [0, 0.1) is 5.82 Å². The number of piperidine rings is 2. The third-order valence-electron chi connectivity index (χ3n) is 5.77. The molecule has 1 aromatic carbocycles. The van der Waals surface area contributed by atoms with Gasteiger partial charge >= 0.3 is 6.03 Å². The molecule has 0 unspecified atom stereocenters. The van der Waals surface area contributed by atoms with E-state index in [1.54, 1.807) is 24.1 Å². The van der Waals surface area contributed by atoms with Gasteiger partial charge in [0.1, 0.15) is 5.82 Å². The molecule has 0 radical (unpaired) electrons. The molecule has 28 heavy (non-hydrogen) atoms. The number of benzene rings is 1. The molecule has 0 bridgehead atoms. The van der Waals surface area contributed by atoms with Crippen molar-refractivity contribution in [2.24, 2.45) is 0 Å². The normalized spacial score (nSPS) is 20.2. The number of nitrogens with one attached hydrogen (secondary N) is 1. The van der Waals surface area contributed by atoms with E-state index in [1.807, 2.05) is 0 Å². The smallest absolute Gasteiger partial charge is 0.317 e. The highest BCUT2D eigenvalue weighted by atomic mass is 32.2. The van der Waals surface area contributed by atoms with Gasteiger partial charge in [-0.3, -0.25) is 0 Å². The molecule has 7 nitrogen and oxygen atoms in total. The van der Waals surface area contributed by atoms with Crippen LogP contribution < -0.4 is 10.2 Å². The first-order chi connectivity index (χ1) is 13.2. The van der Waals surface area contributed by atoms with Crippen molar-refractivity contribution < 1.29 is 17.6 Å². The van der Waals surface area contributed by atoms with Crippen LogP contribution in [-0.2, 0) is 10.0 Å². The highest BCUT2D eigenvalue weighted by molar-refractivity contribution is 7.88. The molecule has 2 saturated heterocycles. The fourth-order valence-electron chi connectivity index (χ4n) is 3.94. The quantitative estimate of drug-likeness (QED) is 0.819. The van der Waals surface area contributed by atoms with Crippen LogP contribution in [0.15, 0.2) is 24.3 Å². The molecular formula is C19H29FN4O3S. The molecular weight excluding hydrogens is 383 g/mol. The lowest BCUT2D eigenvalue weighted by atomic mass is 10.0. The van der Waals surface area contributed by atoms with Gasteiger partial charge in [0.25, 0.3) is 0 Å². The van der Waals surface area contributed by atoms with Crippen molar-refractivity contribution >= 4 is 21.7 Å². The summed E-state index contributed by atoms with van der Waals surface area (Å²) in [6.07, 6.45) is 4.20. The fourth-order valence-corrected chi connectivity index (χ4v) is 4.81. The zero-order valence-corrected chi connectivity index (χ0v) is 17.3. The van der Waals surface area contributed by atoms with Crippen LogP contribution in [0.2, 0.25) is 0 Å². The highest BCUT2D eigenvalue weighted by Gasteiger charge is 2.30. The molecule has 1 N–H and O–H groups in total. The van der Waals surface area contributed by atoms with Crippen molar-refractivity contribution in [2.75, 3.05) is 44.4 Å². The first-order valence-corrected chi connectivity index (χ1v) is 11.6. The van der Waals surface area contributed by atoms with Crippen molar-refractivity contribution in [3.05, 3.63) is 30.1 Å². The van der Waals surface area contributed by atoms with E-state index in [2.05, 4.69) is 10.2 Å². The van der Waals surface area contributed by atoms with Gasteiger partial charge in [0, 0.05) is 51.0 Å². The van der Waals surface area contributed by atoms with E-state index < -0.39 is 10.0 Å². The van der Waals surface area contributed by atoms with E-state index in [4.69, 9.17) is 0 Å². The van der Waals surface area contributed by atoms with Crippen LogP contribution in [0.4, 0.5) is 14.9 Å². The van der Waals surface area contributed by atoms with Gasteiger partial charge in [-0.15, -0.1) is 0 Å². The van der Waals surface area contributed by atoms with Crippen LogP contribution in [0.25, 0.3) is 0 Å². The van der Waals surface area contributed by atoms with Crippen molar-refractivity contribution in [1.82, 2.24) is 14.5 Å². The van der Waals surface area contributed by atoms with E-state index in [1.165, 1.54) is 22.7 Å². The topological polar surface area (TPSA) is 73.0 Å². The largest absolute Gasteiger partial charge is 0.371 e. The molecule has 2 amide bonds. The first kappa shape index (κ1) is 20.9. The van der Waals surface area contributed by atoms with Gasteiger partial charge < -0.3 is 15.1 Å². The second-order valence-electron chi connectivity index (χ2n) is 7.69. The maximum atomic E-state index is 13.1. The number of hydrogen-bond donors (Lipinski definition) is 1. The summed E-state index contributed by atoms with van der Waals surface area (Å²) in [6, 6.07) is 6.56. The SMILES string of the molecule is CN(C(=O)NC1CCN(c2ccc(F)cc2)CC1)C1CCN(S(C)(=O)=O)CC1. The Balaban J connectivity index is 1.44. The molecule has 0 atom stereocenters. The summed E-state index contributed by atoms with van der Waals surface area (Å²) in [7, 11) is -1.38. The van der Waals surface area contributed by atoms with E-state index in [9.17, 15) is 17.6 Å². The van der Waals surface area contributed by atoms with Gasteiger partial charge in [-0.2, -0.15) is 0 Å². The van der Waals surface area contributed by atoms with Crippen molar-refractivity contribution in [1.29, 1.82) is 0 Å². The van der Waals surface area contributed by atoms with Crippen LogP contribution in [-0.4, -0.2) is 75.2 Å². The summed E-state index contributed by atoms with van der Waals surface area (Å²) in [5.74, 6) is -0.240. The number of rotatable bonds is 4. The van der Waals surface area contributed by atoms with Crippen molar-refractivity contribution in [3.63, 3.8) is 0 Å². The fraction of sp³-hybridized carbons (Fsp3) is 0.632. The minimum Gasteiger partial charge on any atom is -0.371 e. The molecule has 0 saturated carbocycles. The Morgan fingerprint density at radius 2 is 1.64 bits per heavy atom. The summed E-state index contributed by atoms with van der Waals surface area (Å²) in [5, 5.41) is 3.11. The van der Waals surface area contributed by atoms with Gasteiger partial charge in [-0.25, -0.2) is 21.9 Å². The molecule has 156 valence electrons. The summed E-state index contributed by atoms with van der Waals surface area (Å²) in [5.41, 5.74) is 1.00. The highest BCUT2D eigenvalue weighted by Crippen LogP contribution is 2.21. The maximum absolute atomic E-state index is 13.1. The number of carbonyl (C=O) groups excluding carboxylic acids is 1. The van der Waals surface area contributed by atoms with Crippen LogP contribution >= 0.6 is 0 Å². The lowest BCUT2D eigenvalue weighted by Crippen LogP contribution is -2.53. The van der Waals surface area contributed by atoms with Crippen molar-refractivity contribution in [2.45, 2.75) is 37.8 Å². The average Bonchev–Trinajstić information content (AvgIpc) is 2.68. The summed E-state index contributed by atoms with van der Waals surface area (Å²) < 4.78 is 37.8. The minimum absolute atomic E-state index is 0.0531. The Morgan fingerprint density at radius 1 is 1.07 bits per heavy atom.